The highest BCUT2D eigenvalue weighted by Gasteiger charge is 2.20. The number of hydrogen-bond donors (Lipinski definition) is 0. The first-order chi connectivity index (χ1) is 17.0. The minimum Gasteiger partial charge on any atom is -0.425 e. The van der Waals surface area contributed by atoms with Gasteiger partial charge in [-0.3, -0.25) is 9.59 Å². The van der Waals surface area contributed by atoms with E-state index < -0.39 is 5.97 Å². The summed E-state index contributed by atoms with van der Waals surface area (Å²) >= 11 is 0. The predicted octanol–water partition coefficient (Wildman–Crippen LogP) is 5.42. The molecule has 3 aromatic carbocycles. The number of benzene rings is 3. The molecule has 6 heteroatoms. The van der Waals surface area contributed by atoms with Gasteiger partial charge in [0.05, 0.1) is 23.4 Å². The van der Waals surface area contributed by atoms with Crippen LogP contribution in [0, 0.1) is 13.8 Å². The second-order valence-electron chi connectivity index (χ2n) is 8.39. The number of nitrogens with zero attached hydrogens (tertiary/aromatic N) is 3. The van der Waals surface area contributed by atoms with Gasteiger partial charge in [-0.15, -0.1) is 0 Å². The van der Waals surface area contributed by atoms with Crippen molar-refractivity contribution in [2.45, 2.75) is 20.3 Å². The smallest absolute Gasteiger partial charge is 0.315 e. The summed E-state index contributed by atoms with van der Waals surface area (Å²) in [6, 6.07) is 26.1. The van der Waals surface area contributed by atoms with Gasteiger partial charge in [0.1, 0.15) is 5.75 Å². The van der Waals surface area contributed by atoms with Crippen molar-refractivity contribution in [3.63, 3.8) is 0 Å². The van der Waals surface area contributed by atoms with Crippen LogP contribution >= 0.6 is 0 Å². The number of fused-ring (bicyclic) bond motifs is 1. The monoisotopic (exact) mass is 461 g/mol. The maximum absolute atomic E-state index is 13.5. The van der Waals surface area contributed by atoms with Crippen molar-refractivity contribution in [3.8, 4) is 11.4 Å². The highest BCUT2D eigenvalue weighted by Crippen LogP contribution is 2.26. The summed E-state index contributed by atoms with van der Waals surface area (Å²) in [7, 11) is 0. The number of aryl methyl sites for hydroxylation is 2. The third-order valence-electron chi connectivity index (χ3n) is 5.76. The maximum atomic E-state index is 13.5. The van der Waals surface area contributed by atoms with Crippen LogP contribution in [0.25, 0.3) is 16.7 Å². The molecule has 0 unspecified atom stereocenters. The predicted molar refractivity (Wildman–Crippen MR) is 134 cm³/mol. The number of carbonyl (C=O) groups excluding carboxylic acids is 2. The van der Waals surface area contributed by atoms with E-state index in [9.17, 15) is 9.59 Å². The number of ketones is 1. The van der Waals surface area contributed by atoms with Crippen LogP contribution in [0.1, 0.15) is 32.7 Å². The normalized spacial score (nSPS) is 10.9. The Bertz CT molecular complexity index is 1540. The van der Waals surface area contributed by atoms with E-state index in [0.29, 0.717) is 16.8 Å². The van der Waals surface area contributed by atoms with Gasteiger partial charge in [-0.05, 0) is 49.7 Å². The van der Waals surface area contributed by atoms with Crippen molar-refractivity contribution in [2.75, 3.05) is 0 Å². The van der Waals surface area contributed by atoms with Gasteiger partial charge in [0.15, 0.2) is 11.4 Å². The van der Waals surface area contributed by atoms with E-state index in [1.807, 2.05) is 80.6 Å². The molecule has 0 radical (unpaired) electrons. The zero-order valence-electron chi connectivity index (χ0n) is 19.4. The van der Waals surface area contributed by atoms with E-state index in [1.54, 1.807) is 29.1 Å². The third kappa shape index (κ3) is 4.59. The van der Waals surface area contributed by atoms with Crippen LogP contribution < -0.4 is 4.74 Å². The summed E-state index contributed by atoms with van der Waals surface area (Å²) in [5.74, 6) is -0.460. The summed E-state index contributed by atoms with van der Waals surface area (Å²) in [6.07, 6.45) is 1.66. The molecule has 0 aliphatic carbocycles. The Balaban J connectivity index is 1.47. The number of esters is 1. The van der Waals surface area contributed by atoms with Crippen molar-refractivity contribution in [2.24, 2.45) is 0 Å². The van der Waals surface area contributed by atoms with Crippen molar-refractivity contribution in [1.29, 1.82) is 0 Å². The SMILES string of the molecule is Cc1ccc(OC(=O)Cc2ccccc2)c(C(=O)c2cnc3c(c2)c(C)nn3-c2ccccc2)c1. The lowest BCUT2D eigenvalue weighted by Crippen LogP contribution is -2.14. The molecule has 0 spiro atoms. The van der Waals surface area contributed by atoms with Crippen LogP contribution in [0.4, 0.5) is 0 Å². The van der Waals surface area contributed by atoms with Gasteiger partial charge >= 0.3 is 5.97 Å². The van der Waals surface area contributed by atoms with Crippen molar-refractivity contribution in [3.05, 3.63) is 119 Å². The van der Waals surface area contributed by atoms with E-state index in [0.717, 1.165) is 27.9 Å². The standard InChI is InChI=1S/C29H23N3O3/c1-19-13-14-26(35-27(33)16-21-9-5-3-6-10-21)25(15-19)28(34)22-17-24-20(2)31-32(29(24)30-18-22)23-11-7-4-8-12-23/h3-15,17-18H,16H2,1-2H3. The number of carbonyl (C=O) groups is 2. The van der Waals surface area contributed by atoms with E-state index in [1.165, 1.54) is 0 Å². The summed E-state index contributed by atoms with van der Waals surface area (Å²) in [5.41, 5.74) is 4.79. The van der Waals surface area contributed by atoms with E-state index in [-0.39, 0.29) is 18.0 Å². The van der Waals surface area contributed by atoms with Crippen molar-refractivity contribution in [1.82, 2.24) is 14.8 Å². The molecule has 0 atom stereocenters. The fourth-order valence-corrected chi connectivity index (χ4v) is 4.00. The molecule has 0 bridgehead atoms. The van der Waals surface area contributed by atoms with Gasteiger partial charge in [0.25, 0.3) is 0 Å². The molecule has 2 aromatic heterocycles. The zero-order chi connectivity index (χ0) is 24.4. The number of aromatic nitrogens is 3. The molecule has 172 valence electrons. The Hall–Kier alpha value is -4.58. The molecule has 0 aliphatic heterocycles. The van der Waals surface area contributed by atoms with Gasteiger partial charge in [0.2, 0.25) is 0 Å². The minimum absolute atomic E-state index is 0.119. The fraction of sp³-hybridized carbons (Fsp3) is 0.103. The molecule has 0 saturated carbocycles. The first kappa shape index (κ1) is 22.2. The molecule has 0 aliphatic rings. The van der Waals surface area contributed by atoms with Gasteiger partial charge in [0, 0.05) is 17.1 Å². The Morgan fingerprint density at radius 3 is 2.34 bits per heavy atom. The van der Waals surface area contributed by atoms with Crippen LogP contribution in [0.2, 0.25) is 0 Å². The zero-order valence-corrected chi connectivity index (χ0v) is 19.4. The van der Waals surface area contributed by atoms with E-state index in [2.05, 4.69) is 10.1 Å². The van der Waals surface area contributed by atoms with E-state index >= 15 is 0 Å². The number of rotatable bonds is 6. The largest absolute Gasteiger partial charge is 0.425 e. The molecule has 0 amide bonds. The van der Waals surface area contributed by atoms with Crippen LogP contribution in [0.5, 0.6) is 5.75 Å². The average molecular weight is 462 g/mol. The molecular weight excluding hydrogens is 438 g/mol. The molecule has 0 saturated heterocycles. The van der Waals surface area contributed by atoms with Gasteiger partial charge in [-0.2, -0.15) is 5.10 Å². The van der Waals surface area contributed by atoms with Crippen LogP contribution in [-0.2, 0) is 11.2 Å². The highest BCUT2D eigenvalue weighted by atomic mass is 16.5. The lowest BCUT2D eigenvalue weighted by Gasteiger charge is -2.11. The average Bonchev–Trinajstić information content (AvgIpc) is 3.21. The quantitative estimate of drug-likeness (QED) is 0.192. The van der Waals surface area contributed by atoms with Crippen LogP contribution in [0.3, 0.4) is 0 Å². The molecule has 5 rings (SSSR count). The number of hydrogen-bond acceptors (Lipinski definition) is 5. The Labute approximate surface area is 202 Å². The maximum Gasteiger partial charge on any atom is 0.315 e. The molecular formula is C29H23N3O3. The molecule has 0 N–H and O–H groups in total. The molecule has 2 heterocycles. The third-order valence-corrected chi connectivity index (χ3v) is 5.76. The van der Waals surface area contributed by atoms with Gasteiger partial charge in [-0.1, -0.05) is 60.2 Å². The lowest BCUT2D eigenvalue weighted by molar-refractivity contribution is -0.133. The number of ether oxygens (including phenoxy) is 1. The fourth-order valence-electron chi connectivity index (χ4n) is 4.00. The first-order valence-electron chi connectivity index (χ1n) is 11.3. The molecule has 6 nitrogen and oxygen atoms in total. The van der Waals surface area contributed by atoms with Gasteiger partial charge < -0.3 is 4.74 Å². The Morgan fingerprint density at radius 1 is 0.886 bits per heavy atom. The molecule has 0 fully saturated rings. The summed E-state index contributed by atoms with van der Waals surface area (Å²) < 4.78 is 7.39. The van der Waals surface area contributed by atoms with Gasteiger partial charge in [-0.25, -0.2) is 9.67 Å². The summed E-state index contributed by atoms with van der Waals surface area (Å²) in [4.78, 5) is 30.7. The van der Waals surface area contributed by atoms with Crippen LogP contribution in [0.15, 0.2) is 91.1 Å². The topological polar surface area (TPSA) is 74.1 Å². The second-order valence-corrected chi connectivity index (χ2v) is 8.39. The summed E-state index contributed by atoms with van der Waals surface area (Å²) in [6.45, 7) is 3.78. The van der Waals surface area contributed by atoms with Crippen LogP contribution in [-0.4, -0.2) is 26.5 Å². The lowest BCUT2D eigenvalue weighted by atomic mass is 10.0. The Kier molecular flexibility index (Phi) is 5.94. The number of para-hydroxylation sites is 1. The van der Waals surface area contributed by atoms with Crippen molar-refractivity contribution >= 4 is 22.8 Å². The first-order valence-corrected chi connectivity index (χ1v) is 11.3. The Morgan fingerprint density at radius 2 is 1.60 bits per heavy atom. The second kappa shape index (κ2) is 9.35. The minimum atomic E-state index is -0.428. The number of pyridine rings is 1. The van der Waals surface area contributed by atoms with Crippen molar-refractivity contribution < 1.29 is 14.3 Å². The molecule has 5 aromatic rings. The molecule has 35 heavy (non-hydrogen) atoms. The van der Waals surface area contributed by atoms with E-state index in [4.69, 9.17) is 4.74 Å². The summed E-state index contributed by atoms with van der Waals surface area (Å²) in [5, 5.41) is 5.40. The highest BCUT2D eigenvalue weighted by molar-refractivity contribution is 6.12.